The van der Waals surface area contributed by atoms with Gasteiger partial charge in [0.25, 0.3) is 0 Å². The van der Waals surface area contributed by atoms with Crippen molar-refractivity contribution in [1.82, 2.24) is 4.90 Å². The molecule has 2 N–H and O–H groups in total. The summed E-state index contributed by atoms with van der Waals surface area (Å²) in [6.07, 6.45) is 4.99. The van der Waals surface area contributed by atoms with Crippen LogP contribution in [0.4, 0.5) is 0 Å². The van der Waals surface area contributed by atoms with Crippen molar-refractivity contribution in [3.8, 4) is 0 Å². The molecule has 1 saturated heterocycles. The second kappa shape index (κ2) is 5.66. The lowest BCUT2D eigenvalue weighted by Gasteiger charge is -2.26. The van der Waals surface area contributed by atoms with Gasteiger partial charge in [0.2, 0.25) is 0 Å². The smallest absolute Gasteiger partial charge is 0.0902 e. The normalized spacial score (nSPS) is 25.1. The Balaban J connectivity index is 2.39. The van der Waals surface area contributed by atoms with Crippen molar-refractivity contribution in [2.24, 2.45) is 11.7 Å². The van der Waals surface area contributed by atoms with Gasteiger partial charge >= 0.3 is 0 Å². The second-order valence-electron chi connectivity index (χ2n) is 4.45. The van der Waals surface area contributed by atoms with Crippen molar-refractivity contribution in [3.63, 3.8) is 0 Å². The number of rotatable bonds is 5. The third kappa shape index (κ3) is 3.21. The number of hydrogen-bond donors (Lipinski definition) is 1. The fourth-order valence-electron chi connectivity index (χ4n) is 2.35. The predicted octanol–water partition coefficient (Wildman–Crippen LogP) is 2.17. The number of nitrogens with zero attached hydrogens (tertiary/aromatic N) is 1. The molecular formula is C11H22N2S. The van der Waals surface area contributed by atoms with Crippen LogP contribution in [0.2, 0.25) is 0 Å². The van der Waals surface area contributed by atoms with E-state index in [2.05, 4.69) is 18.7 Å². The first-order valence-electron chi connectivity index (χ1n) is 5.68. The maximum atomic E-state index is 5.73. The largest absolute Gasteiger partial charge is 0.392 e. The lowest BCUT2D eigenvalue weighted by molar-refractivity contribution is 0.253. The van der Waals surface area contributed by atoms with E-state index in [1.165, 1.54) is 25.8 Å². The molecule has 0 aromatic heterocycles. The first kappa shape index (κ1) is 11.9. The van der Waals surface area contributed by atoms with Crippen LogP contribution < -0.4 is 5.73 Å². The molecule has 0 spiro atoms. The van der Waals surface area contributed by atoms with Crippen LogP contribution in [0.3, 0.4) is 0 Å². The predicted molar refractivity (Wildman–Crippen MR) is 65.5 cm³/mol. The van der Waals surface area contributed by atoms with Crippen molar-refractivity contribution in [2.75, 3.05) is 13.1 Å². The minimum absolute atomic E-state index is 0.379. The van der Waals surface area contributed by atoms with E-state index in [0.717, 1.165) is 18.9 Å². The quantitative estimate of drug-likeness (QED) is 0.711. The van der Waals surface area contributed by atoms with Gasteiger partial charge in [0.1, 0.15) is 0 Å². The average Bonchev–Trinajstić information content (AvgIpc) is 2.52. The Bertz CT molecular complexity index is 194. The summed E-state index contributed by atoms with van der Waals surface area (Å²) in [4.78, 5) is 3.15. The van der Waals surface area contributed by atoms with Gasteiger partial charge < -0.3 is 5.73 Å². The van der Waals surface area contributed by atoms with Crippen LogP contribution in [0.25, 0.3) is 0 Å². The van der Waals surface area contributed by atoms with Crippen LogP contribution in [0, 0.1) is 5.92 Å². The van der Waals surface area contributed by atoms with Gasteiger partial charge in [-0.05, 0) is 31.7 Å². The standard InChI is InChI=1S/C11H22N2S/c1-3-5-9(2)8-13-7-4-6-10(13)11(12)14/h9-10H,3-8H2,1-2H3,(H2,12,14). The summed E-state index contributed by atoms with van der Waals surface area (Å²) in [5, 5.41) is 0. The van der Waals surface area contributed by atoms with Crippen LogP contribution >= 0.6 is 12.2 Å². The van der Waals surface area contributed by atoms with Crippen LogP contribution in [-0.4, -0.2) is 29.0 Å². The third-order valence-electron chi connectivity index (χ3n) is 3.02. The molecule has 1 aliphatic rings. The molecule has 1 heterocycles. The lowest BCUT2D eigenvalue weighted by atomic mass is 10.1. The molecule has 2 atom stereocenters. The van der Waals surface area contributed by atoms with Crippen molar-refractivity contribution >= 4 is 17.2 Å². The average molecular weight is 214 g/mol. The van der Waals surface area contributed by atoms with Crippen LogP contribution in [0.15, 0.2) is 0 Å². The molecule has 0 radical (unpaired) electrons. The molecule has 1 aliphatic heterocycles. The molecule has 0 aromatic carbocycles. The molecule has 1 fully saturated rings. The zero-order chi connectivity index (χ0) is 10.6. The third-order valence-corrected chi connectivity index (χ3v) is 3.29. The van der Waals surface area contributed by atoms with Gasteiger partial charge in [0.05, 0.1) is 11.0 Å². The van der Waals surface area contributed by atoms with Gasteiger partial charge in [-0.15, -0.1) is 0 Å². The van der Waals surface area contributed by atoms with E-state index in [1.54, 1.807) is 0 Å². The molecule has 2 nitrogen and oxygen atoms in total. The number of thiocarbonyl (C=S) groups is 1. The summed E-state index contributed by atoms with van der Waals surface area (Å²) in [5.74, 6) is 0.773. The molecule has 82 valence electrons. The Morgan fingerprint density at radius 3 is 2.93 bits per heavy atom. The fourth-order valence-corrected chi connectivity index (χ4v) is 2.62. The van der Waals surface area contributed by atoms with E-state index in [0.29, 0.717) is 11.0 Å². The Hall–Kier alpha value is -0.150. The maximum Gasteiger partial charge on any atom is 0.0902 e. The van der Waals surface area contributed by atoms with Crippen molar-refractivity contribution in [3.05, 3.63) is 0 Å². The highest BCUT2D eigenvalue weighted by Gasteiger charge is 2.27. The van der Waals surface area contributed by atoms with Gasteiger partial charge in [0.15, 0.2) is 0 Å². The van der Waals surface area contributed by atoms with Crippen molar-refractivity contribution in [1.29, 1.82) is 0 Å². The van der Waals surface area contributed by atoms with Crippen molar-refractivity contribution < 1.29 is 0 Å². The fraction of sp³-hybridized carbons (Fsp3) is 0.909. The highest BCUT2D eigenvalue weighted by molar-refractivity contribution is 7.80. The zero-order valence-electron chi connectivity index (χ0n) is 9.33. The molecule has 0 aliphatic carbocycles. The molecule has 14 heavy (non-hydrogen) atoms. The molecular weight excluding hydrogens is 192 g/mol. The summed E-state index contributed by atoms with van der Waals surface area (Å²) >= 11 is 5.09. The van der Waals surface area contributed by atoms with E-state index in [4.69, 9.17) is 18.0 Å². The van der Waals surface area contributed by atoms with E-state index in [-0.39, 0.29) is 0 Å². The number of likely N-dealkylation sites (tertiary alicyclic amines) is 1. The summed E-state index contributed by atoms with van der Waals surface area (Å²) in [6, 6.07) is 0.379. The van der Waals surface area contributed by atoms with E-state index >= 15 is 0 Å². The SMILES string of the molecule is CCCC(C)CN1CCCC1C(N)=S. The Morgan fingerprint density at radius 1 is 1.64 bits per heavy atom. The highest BCUT2D eigenvalue weighted by Crippen LogP contribution is 2.20. The minimum atomic E-state index is 0.379. The zero-order valence-corrected chi connectivity index (χ0v) is 10.1. The number of nitrogens with two attached hydrogens (primary N) is 1. The minimum Gasteiger partial charge on any atom is -0.392 e. The van der Waals surface area contributed by atoms with Gasteiger partial charge in [-0.3, -0.25) is 4.90 Å². The van der Waals surface area contributed by atoms with Crippen molar-refractivity contribution in [2.45, 2.75) is 45.6 Å². The van der Waals surface area contributed by atoms with E-state index in [9.17, 15) is 0 Å². The Kier molecular flexibility index (Phi) is 4.82. The molecule has 2 unspecified atom stereocenters. The summed E-state index contributed by atoms with van der Waals surface area (Å²) in [5.41, 5.74) is 5.73. The summed E-state index contributed by atoms with van der Waals surface area (Å²) in [7, 11) is 0. The molecule has 3 heteroatoms. The first-order valence-corrected chi connectivity index (χ1v) is 6.09. The molecule has 0 amide bonds. The molecule has 1 rings (SSSR count). The summed E-state index contributed by atoms with van der Waals surface area (Å²) < 4.78 is 0. The van der Waals surface area contributed by atoms with E-state index < -0.39 is 0 Å². The van der Waals surface area contributed by atoms with Gasteiger partial charge in [0, 0.05) is 6.54 Å². The second-order valence-corrected chi connectivity index (χ2v) is 4.92. The van der Waals surface area contributed by atoms with Gasteiger partial charge in [-0.25, -0.2) is 0 Å². The Labute approximate surface area is 92.8 Å². The molecule has 0 saturated carbocycles. The topological polar surface area (TPSA) is 29.3 Å². The summed E-state index contributed by atoms with van der Waals surface area (Å²) in [6.45, 7) is 6.90. The highest BCUT2D eigenvalue weighted by atomic mass is 32.1. The monoisotopic (exact) mass is 214 g/mol. The molecule has 0 aromatic rings. The van der Waals surface area contributed by atoms with Crippen LogP contribution in [0.1, 0.15) is 39.5 Å². The van der Waals surface area contributed by atoms with Crippen LogP contribution in [0.5, 0.6) is 0 Å². The first-order chi connectivity index (χ1) is 6.65. The number of hydrogen-bond acceptors (Lipinski definition) is 2. The van der Waals surface area contributed by atoms with Crippen LogP contribution in [-0.2, 0) is 0 Å². The molecule has 0 bridgehead atoms. The maximum absolute atomic E-state index is 5.73. The van der Waals surface area contributed by atoms with E-state index in [1.807, 2.05) is 0 Å². The Morgan fingerprint density at radius 2 is 2.36 bits per heavy atom. The lowest BCUT2D eigenvalue weighted by Crippen LogP contribution is -2.41. The van der Waals surface area contributed by atoms with Gasteiger partial charge in [-0.2, -0.15) is 0 Å². The van der Waals surface area contributed by atoms with Gasteiger partial charge in [-0.1, -0.05) is 32.5 Å².